The Kier molecular flexibility index (Phi) is 6.80. The second-order valence-electron chi connectivity index (χ2n) is 9.96. The molecule has 2 fully saturated rings. The third-order valence-electron chi connectivity index (χ3n) is 7.59. The lowest BCUT2D eigenvalue weighted by Gasteiger charge is -2.32. The van der Waals surface area contributed by atoms with E-state index in [9.17, 15) is 23.1 Å². The van der Waals surface area contributed by atoms with Gasteiger partial charge in [0.2, 0.25) is 5.91 Å². The Morgan fingerprint density at radius 2 is 2.05 bits per heavy atom. The molecule has 1 aromatic heterocycles. The molecule has 2 unspecified atom stereocenters. The molecule has 194 valence electrons. The number of carbonyl (C=O) groups excluding carboxylic acids is 2. The van der Waals surface area contributed by atoms with Gasteiger partial charge in [-0.05, 0) is 37.8 Å². The SMILES string of the molecule is BBS(=O)(=O)N1CCC[C@H]1C(=O)N1CC(O)CC1C1=NC(=O)[C@](C)(c2ccc(-c3scnc3C)cc2)N1. The maximum atomic E-state index is 13.6. The molecule has 2 amide bonds. The van der Waals surface area contributed by atoms with Crippen molar-refractivity contribution in [1.82, 2.24) is 19.5 Å². The zero-order valence-electron chi connectivity index (χ0n) is 21.0. The second kappa shape index (κ2) is 9.64. The summed E-state index contributed by atoms with van der Waals surface area (Å²) in [7, 11) is -1.98. The molecular weight excluding hydrogens is 512 g/mol. The lowest BCUT2D eigenvalue weighted by Crippen LogP contribution is -2.54. The van der Waals surface area contributed by atoms with Crippen molar-refractivity contribution in [1.29, 1.82) is 0 Å². The van der Waals surface area contributed by atoms with Crippen molar-refractivity contribution < 1.29 is 23.1 Å². The number of aliphatic imine (C=N–C) groups is 1. The molecule has 1 aromatic carbocycles. The number of aliphatic hydroxyl groups is 1. The zero-order chi connectivity index (χ0) is 26.5. The number of amidine groups is 1. The van der Waals surface area contributed by atoms with Crippen molar-refractivity contribution in [3.8, 4) is 10.4 Å². The lowest BCUT2D eigenvalue weighted by molar-refractivity contribution is -0.134. The summed E-state index contributed by atoms with van der Waals surface area (Å²) in [5.41, 5.74) is 3.37. The quantitative estimate of drug-likeness (QED) is 0.473. The third-order valence-corrected chi connectivity index (χ3v) is 10.4. The van der Waals surface area contributed by atoms with E-state index in [1.54, 1.807) is 31.5 Å². The maximum Gasteiger partial charge on any atom is 0.277 e. The Labute approximate surface area is 221 Å². The minimum Gasteiger partial charge on any atom is -0.391 e. The van der Waals surface area contributed by atoms with Gasteiger partial charge < -0.3 is 15.3 Å². The molecule has 2 N–H and O–H groups in total. The van der Waals surface area contributed by atoms with Crippen LogP contribution in [0.3, 0.4) is 0 Å². The van der Waals surface area contributed by atoms with Crippen molar-refractivity contribution in [3.05, 3.63) is 41.0 Å². The fourth-order valence-corrected chi connectivity index (χ4v) is 7.57. The molecule has 10 nitrogen and oxygen atoms in total. The molecular formula is C23H29B2N5O5S2. The van der Waals surface area contributed by atoms with Gasteiger partial charge >= 0.3 is 0 Å². The van der Waals surface area contributed by atoms with E-state index >= 15 is 0 Å². The van der Waals surface area contributed by atoms with Crippen LogP contribution in [0.25, 0.3) is 10.4 Å². The van der Waals surface area contributed by atoms with Crippen LogP contribution in [0.5, 0.6) is 0 Å². The number of hydrogen-bond acceptors (Lipinski definition) is 8. The highest BCUT2D eigenvalue weighted by Gasteiger charge is 2.49. The number of carbonyl (C=O) groups is 2. The fourth-order valence-electron chi connectivity index (χ4n) is 5.44. The van der Waals surface area contributed by atoms with Gasteiger partial charge in [-0.1, -0.05) is 24.3 Å². The largest absolute Gasteiger partial charge is 0.391 e. The molecule has 3 aliphatic heterocycles. The monoisotopic (exact) mass is 541 g/mol. The molecule has 0 radical (unpaired) electrons. The number of aryl methyl sites for hydroxylation is 1. The van der Waals surface area contributed by atoms with Crippen molar-refractivity contribution >= 4 is 53.0 Å². The number of nitrogens with zero attached hydrogens (tertiary/aromatic N) is 4. The summed E-state index contributed by atoms with van der Waals surface area (Å²) < 4.78 is 26.4. The summed E-state index contributed by atoms with van der Waals surface area (Å²) in [5, 5.41) is 13.7. The number of benzene rings is 1. The van der Waals surface area contributed by atoms with Gasteiger partial charge in [0.15, 0.2) is 9.87 Å². The fraction of sp³-hybridized carbons (Fsp3) is 0.478. The van der Waals surface area contributed by atoms with Crippen LogP contribution in [0.2, 0.25) is 0 Å². The maximum absolute atomic E-state index is 13.6. The molecule has 0 spiro atoms. The van der Waals surface area contributed by atoms with Gasteiger partial charge in [-0.25, -0.2) is 17.7 Å². The summed E-state index contributed by atoms with van der Waals surface area (Å²) in [6, 6.07) is 6.23. The van der Waals surface area contributed by atoms with Crippen LogP contribution < -0.4 is 5.32 Å². The lowest BCUT2D eigenvalue weighted by atomic mass is 9.79. The third kappa shape index (κ3) is 4.53. The molecule has 2 saturated heterocycles. The predicted octanol–water partition coefficient (Wildman–Crippen LogP) is -0.482. The summed E-state index contributed by atoms with van der Waals surface area (Å²) in [6.45, 7) is 4.08. The number of likely N-dealkylation sites (tertiary alicyclic amines) is 1. The average molecular weight is 541 g/mol. The van der Waals surface area contributed by atoms with E-state index in [2.05, 4.69) is 15.3 Å². The molecule has 2 aromatic rings. The molecule has 4 atom stereocenters. The first-order chi connectivity index (χ1) is 17.5. The minimum absolute atomic E-state index is 0.0640. The van der Waals surface area contributed by atoms with Gasteiger partial charge in [-0.3, -0.25) is 9.59 Å². The van der Waals surface area contributed by atoms with E-state index in [0.717, 1.165) is 21.7 Å². The first-order valence-electron chi connectivity index (χ1n) is 12.5. The standard InChI is InChI=1S/C23H29B2N5O5S2/c1-13-19(36-12-26-13)14-5-7-15(8-6-14)23(2)22(33)27-20(28-23)18-10-16(31)11-29(18)21(32)17-4-3-9-30(17)37(34,35)25-24/h5-8,12,16-18,25,31H,3-4,9-11,24H2,1-2H3,(H,27,28,33)/t16?,17-,18?,23-/m0/s1. The number of amides is 2. The van der Waals surface area contributed by atoms with E-state index in [0.29, 0.717) is 25.2 Å². The molecule has 37 heavy (non-hydrogen) atoms. The van der Waals surface area contributed by atoms with E-state index in [1.807, 2.05) is 31.2 Å². The van der Waals surface area contributed by atoms with Crippen LogP contribution in [-0.4, -0.2) is 90.8 Å². The number of rotatable bonds is 6. The molecule has 0 aliphatic carbocycles. The molecule has 4 heterocycles. The van der Waals surface area contributed by atoms with Crippen LogP contribution >= 0.6 is 11.3 Å². The van der Waals surface area contributed by atoms with Gasteiger partial charge in [0, 0.05) is 19.5 Å². The normalized spacial score (nSPS) is 28.4. The predicted molar refractivity (Wildman–Crippen MR) is 146 cm³/mol. The van der Waals surface area contributed by atoms with Crippen LogP contribution in [0.1, 0.15) is 37.4 Å². The first-order valence-corrected chi connectivity index (χ1v) is 14.9. The molecule has 14 heteroatoms. The molecule has 5 rings (SSSR count). The van der Waals surface area contributed by atoms with Crippen LogP contribution in [0.4, 0.5) is 0 Å². The summed E-state index contributed by atoms with van der Waals surface area (Å²) in [6.07, 6.45) is 0.381. The zero-order valence-corrected chi connectivity index (χ0v) is 22.7. The van der Waals surface area contributed by atoms with Gasteiger partial charge in [0.1, 0.15) is 17.4 Å². The first kappa shape index (κ1) is 26.1. The molecule has 0 saturated carbocycles. The average Bonchev–Trinajstić information content (AvgIpc) is 3.66. The van der Waals surface area contributed by atoms with Crippen LogP contribution in [0, 0.1) is 6.92 Å². The number of aliphatic hydroxyl groups excluding tert-OH is 1. The molecule has 0 bridgehead atoms. The highest BCUT2D eigenvalue weighted by atomic mass is 32.2. The summed E-state index contributed by atoms with van der Waals surface area (Å²) in [4.78, 5) is 37.9. The van der Waals surface area contributed by atoms with Gasteiger partial charge in [-0.15, -0.1) is 11.3 Å². The van der Waals surface area contributed by atoms with Crippen molar-refractivity contribution in [3.63, 3.8) is 0 Å². The van der Waals surface area contributed by atoms with E-state index < -0.39 is 33.6 Å². The second-order valence-corrected chi connectivity index (χ2v) is 13.0. The number of hydrogen-bond donors (Lipinski definition) is 2. The highest BCUT2D eigenvalue weighted by molar-refractivity contribution is 8.17. The smallest absolute Gasteiger partial charge is 0.277 e. The Bertz CT molecular complexity index is 1370. The number of thiazole rings is 1. The van der Waals surface area contributed by atoms with Crippen LogP contribution in [-0.2, 0) is 25.0 Å². The summed E-state index contributed by atoms with van der Waals surface area (Å²) in [5.74, 6) is -0.414. The highest BCUT2D eigenvalue weighted by Crippen LogP contribution is 2.34. The topological polar surface area (TPSA) is 132 Å². The molecule has 3 aliphatic rings. The van der Waals surface area contributed by atoms with Gasteiger partial charge in [0.25, 0.3) is 12.4 Å². The summed E-state index contributed by atoms with van der Waals surface area (Å²) >= 11 is 1.56. The Hall–Kier alpha value is -2.54. The minimum atomic E-state index is -3.54. The number of β-amino-alcohol motifs (C(OH)–C–C–N with tert-alkyl or cyclic N) is 1. The Balaban J connectivity index is 1.37. The number of nitrogens with one attached hydrogen (secondary N) is 1. The van der Waals surface area contributed by atoms with Crippen molar-refractivity contribution in [2.75, 3.05) is 13.1 Å². The Morgan fingerprint density at radius 1 is 1.32 bits per heavy atom. The van der Waals surface area contributed by atoms with Gasteiger partial charge in [-0.2, -0.15) is 4.99 Å². The van der Waals surface area contributed by atoms with Crippen molar-refractivity contribution in [2.24, 2.45) is 4.99 Å². The van der Waals surface area contributed by atoms with E-state index in [1.165, 1.54) is 9.21 Å². The van der Waals surface area contributed by atoms with Crippen LogP contribution in [0.15, 0.2) is 34.8 Å². The number of aromatic nitrogens is 1. The Morgan fingerprint density at radius 3 is 2.70 bits per heavy atom. The van der Waals surface area contributed by atoms with E-state index in [4.69, 9.17) is 0 Å². The van der Waals surface area contributed by atoms with Gasteiger partial charge in [0.05, 0.1) is 36.0 Å². The van der Waals surface area contributed by atoms with Crippen molar-refractivity contribution in [2.45, 2.75) is 56.8 Å². The van der Waals surface area contributed by atoms with E-state index in [-0.39, 0.29) is 31.2 Å².